The largest absolute Gasteiger partial charge is 0.497 e. The van der Waals surface area contributed by atoms with Gasteiger partial charge in [-0.25, -0.2) is 4.63 Å². The molecule has 0 aliphatic heterocycles. The third-order valence-electron chi connectivity index (χ3n) is 1.74. The summed E-state index contributed by atoms with van der Waals surface area (Å²) in [4.78, 5) is 0. The highest BCUT2D eigenvalue weighted by molar-refractivity contribution is 5.76. The number of methoxy groups -OCH3 is 2. The highest BCUT2D eigenvalue weighted by Crippen LogP contribution is 2.26. The Bertz CT molecular complexity index is 355. The van der Waals surface area contributed by atoms with Gasteiger partial charge in [0.15, 0.2) is 5.69 Å². The summed E-state index contributed by atoms with van der Waals surface area (Å²) in [5, 5.41) is 7.28. The lowest BCUT2D eigenvalue weighted by atomic mass is 10.1. The fraction of sp³-hybridized carbons (Fsp3) is 0.333. The first kappa shape index (κ1) is 10.3. The molecule has 0 N–H and O–H groups in total. The summed E-state index contributed by atoms with van der Waals surface area (Å²) in [6.45, 7) is 5.56. The highest BCUT2D eigenvalue weighted by atomic mass is 16.6. The maximum absolute atomic E-state index is 5.00. The van der Waals surface area contributed by atoms with Crippen molar-refractivity contribution >= 4 is 5.57 Å². The van der Waals surface area contributed by atoms with E-state index in [4.69, 9.17) is 9.47 Å². The minimum atomic E-state index is 0.316. The molecule has 0 fully saturated rings. The third-order valence-corrected chi connectivity index (χ3v) is 1.74. The van der Waals surface area contributed by atoms with E-state index in [1.54, 1.807) is 6.08 Å². The van der Waals surface area contributed by atoms with E-state index in [-0.39, 0.29) is 0 Å². The summed E-state index contributed by atoms with van der Waals surface area (Å²) in [6, 6.07) is 0. The molecule has 0 atom stereocenters. The second kappa shape index (κ2) is 4.45. The van der Waals surface area contributed by atoms with Crippen molar-refractivity contribution in [3.63, 3.8) is 0 Å². The molecular formula is C9H12N2O3. The molecule has 0 saturated carbocycles. The number of rotatable bonds is 4. The summed E-state index contributed by atoms with van der Waals surface area (Å²) in [6.07, 6.45) is 1.80. The van der Waals surface area contributed by atoms with Gasteiger partial charge >= 0.3 is 0 Å². The third kappa shape index (κ3) is 1.76. The van der Waals surface area contributed by atoms with Gasteiger partial charge in [-0.2, -0.15) is 0 Å². The Kier molecular flexibility index (Phi) is 3.28. The molecule has 0 radical (unpaired) electrons. The van der Waals surface area contributed by atoms with Gasteiger partial charge in [0.05, 0.1) is 14.2 Å². The summed E-state index contributed by atoms with van der Waals surface area (Å²) in [5.41, 5.74) is 1.19. The predicted molar refractivity (Wildman–Crippen MR) is 50.7 cm³/mol. The standard InChI is InChI=1S/C9H12N2O3/c1-5-7(6(2)12-3)8-9(13-4)11-14-10-8/h5H,2H2,1,3-4H3/b7-5+. The van der Waals surface area contributed by atoms with Crippen molar-refractivity contribution in [2.45, 2.75) is 6.92 Å². The van der Waals surface area contributed by atoms with E-state index in [0.29, 0.717) is 22.9 Å². The number of allylic oxidation sites excluding steroid dienone is 2. The average molecular weight is 196 g/mol. The predicted octanol–water partition coefficient (Wildman–Crippen LogP) is 1.64. The van der Waals surface area contributed by atoms with Crippen molar-refractivity contribution in [1.29, 1.82) is 0 Å². The first-order chi connectivity index (χ1) is 6.74. The van der Waals surface area contributed by atoms with Gasteiger partial charge in [-0.15, -0.1) is 0 Å². The van der Waals surface area contributed by atoms with Crippen molar-refractivity contribution in [2.75, 3.05) is 14.2 Å². The lowest BCUT2D eigenvalue weighted by Gasteiger charge is -2.05. The highest BCUT2D eigenvalue weighted by Gasteiger charge is 2.17. The van der Waals surface area contributed by atoms with Gasteiger partial charge < -0.3 is 9.47 Å². The lowest BCUT2D eigenvalue weighted by Crippen LogP contribution is -1.94. The molecule has 14 heavy (non-hydrogen) atoms. The van der Waals surface area contributed by atoms with Gasteiger partial charge in [0, 0.05) is 5.57 Å². The molecule has 0 aliphatic carbocycles. The van der Waals surface area contributed by atoms with E-state index < -0.39 is 0 Å². The maximum atomic E-state index is 5.00. The summed E-state index contributed by atoms with van der Waals surface area (Å²) in [7, 11) is 3.03. The zero-order valence-corrected chi connectivity index (χ0v) is 8.40. The first-order valence-electron chi connectivity index (χ1n) is 4.01. The summed E-state index contributed by atoms with van der Waals surface area (Å²) < 4.78 is 14.5. The minimum absolute atomic E-state index is 0.316. The fourth-order valence-electron chi connectivity index (χ4n) is 1.02. The molecule has 0 saturated heterocycles. The van der Waals surface area contributed by atoms with Crippen molar-refractivity contribution in [1.82, 2.24) is 10.3 Å². The molecule has 0 spiro atoms. The zero-order valence-electron chi connectivity index (χ0n) is 8.40. The van der Waals surface area contributed by atoms with E-state index in [0.717, 1.165) is 0 Å². The van der Waals surface area contributed by atoms with E-state index in [2.05, 4.69) is 21.5 Å². The van der Waals surface area contributed by atoms with Crippen LogP contribution in [0.1, 0.15) is 12.6 Å². The second-order valence-corrected chi connectivity index (χ2v) is 2.45. The smallest absolute Gasteiger partial charge is 0.283 e. The Morgan fingerprint density at radius 3 is 2.64 bits per heavy atom. The van der Waals surface area contributed by atoms with Crippen LogP contribution in [0.15, 0.2) is 23.0 Å². The van der Waals surface area contributed by atoms with Gasteiger partial charge in [0.25, 0.3) is 5.88 Å². The van der Waals surface area contributed by atoms with Crippen molar-refractivity contribution in [3.8, 4) is 5.88 Å². The molecule has 0 aliphatic rings. The van der Waals surface area contributed by atoms with Crippen LogP contribution in [-0.2, 0) is 4.74 Å². The normalized spacial score (nSPS) is 11.2. The molecular weight excluding hydrogens is 184 g/mol. The van der Waals surface area contributed by atoms with Gasteiger partial charge in [-0.1, -0.05) is 12.7 Å². The molecule has 1 rings (SSSR count). The van der Waals surface area contributed by atoms with Crippen molar-refractivity contribution in [2.24, 2.45) is 0 Å². The molecule has 0 aromatic carbocycles. The Balaban J connectivity index is 3.08. The monoisotopic (exact) mass is 196 g/mol. The summed E-state index contributed by atoms with van der Waals surface area (Å²) in [5.74, 6) is 0.804. The Labute approximate surface area is 82.0 Å². The number of ether oxygens (including phenoxy) is 2. The SMILES string of the molecule is C=C(OC)/C(=C\C)c1nonc1OC. The van der Waals surface area contributed by atoms with Crippen molar-refractivity contribution in [3.05, 3.63) is 24.1 Å². The van der Waals surface area contributed by atoms with Crippen LogP contribution in [0.5, 0.6) is 5.88 Å². The molecule has 0 unspecified atom stereocenters. The van der Waals surface area contributed by atoms with Crippen LogP contribution in [0.2, 0.25) is 0 Å². The van der Waals surface area contributed by atoms with Gasteiger partial charge in [0.1, 0.15) is 5.76 Å². The number of aromatic nitrogens is 2. The molecule has 0 amide bonds. The quantitative estimate of drug-likeness (QED) is 0.541. The molecule has 5 heteroatoms. The average Bonchev–Trinajstić information content (AvgIpc) is 2.66. The van der Waals surface area contributed by atoms with Crippen molar-refractivity contribution < 1.29 is 14.1 Å². The first-order valence-corrected chi connectivity index (χ1v) is 4.01. The molecule has 76 valence electrons. The van der Waals surface area contributed by atoms with E-state index in [9.17, 15) is 0 Å². The van der Waals surface area contributed by atoms with Crippen LogP contribution in [0.3, 0.4) is 0 Å². The van der Waals surface area contributed by atoms with E-state index in [1.165, 1.54) is 14.2 Å². The Morgan fingerprint density at radius 1 is 1.43 bits per heavy atom. The molecule has 5 nitrogen and oxygen atoms in total. The number of nitrogens with zero attached hydrogens (tertiary/aromatic N) is 2. The Morgan fingerprint density at radius 2 is 2.14 bits per heavy atom. The van der Waals surface area contributed by atoms with Gasteiger partial charge in [-0.05, 0) is 17.2 Å². The van der Waals surface area contributed by atoms with Crippen LogP contribution in [0.25, 0.3) is 5.57 Å². The van der Waals surface area contributed by atoms with Crippen LogP contribution >= 0.6 is 0 Å². The molecule has 0 bridgehead atoms. The van der Waals surface area contributed by atoms with Crippen LogP contribution in [-0.4, -0.2) is 24.5 Å². The summed E-state index contributed by atoms with van der Waals surface area (Å²) >= 11 is 0. The van der Waals surface area contributed by atoms with Crippen LogP contribution < -0.4 is 4.74 Å². The Hall–Kier alpha value is -1.78. The van der Waals surface area contributed by atoms with Crippen LogP contribution in [0.4, 0.5) is 0 Å². The lowest BCUT2D eigenvalue weighted by molar-refractivity contribution is 0.281. The van der Waals surface area contributed by atoms with Crippen LogP contribution in [0, 0.1) is 0 Å². The zero-order chi connectivity index (χ0) is 10.6. The van der Waals surface area contributed by atoms with Gasteiger partial charge in [0.2, 0.25) is 0 Å². The topological polar surface area (TPSA) is 57.4 Å². The van der Waals surface area contributed by atoms with E-state index in [1.807, 2.05) is 6.92 Å². The molecule has 1 heterocycles. The van der Waals surface area contributed by atoms with Gasteiger partial charge in [-0.3, -0.25) is 0 Å². The fourth-order valence-corrected chi connectivity index (χ4v) is 1.02. The second-order valence-electron chi connectivity index (χ2n) is 2.45. The minimum Gasteiger partial charge on any atom is -0.497 e. The number of hydrogen-bond donors (Lipinski definition) is 0. The van der Waals surface area contributed by atoms with E-state index >= 15 is 0 Å². The number of hydrogen-bond acceptors (Lipinski definition) is 5. The molecule has 1 aromatic heterocycles. The molecule has 1 aromatic rings. The maximum Gasteiger partial charge on any atom is 0.283 e.